The number of nitrogens with zero attached hydrogens (tertiary/aromatic N) is 1. The van der Waals surface area contributed by atoms with Crippen molar-refractivity contribution in [3.05, 3.63) is 0 Å². The molecule has 1 unspecified atom stereocenters. The molecule has 0 spiro atoms. The predicted octanol–water partition coefficient (Wildman–Crippen LogP) is 3.07. The zero-order valence-corrected chi connectivity index (χ0v) is 10.5. The molecule has 2 nitrogen and oxygen atoms in total. The monoisotopic (exact) mass is 213 g/mol. The molecule has 1 rings (SSSR count). The van der Waals surface area contributed by atoms with Gasteiger partial charge in [-0.1, -0.05) is 45.4 Å². The Bertz CT molecular complexity index is 149. The number of hydrogen-bond donors (Lipinski definition) is 0. The van der Waals surface area contributed by atoms with Gasteiger partial charge in [0, 0.05) is 13.1 Å². The minimum absolute atomic E-state index is 0.509. The van der Waals surface area contributed by atoms with Crippen molar-refractivity contribution in [3.63, 3.8) is 0 Å². The number of morpholine rings is 1. The number of hydrogen-bond acceptors (Lipinski definition) is 2. The fraction of sp³-hybridized carbons (Fsp3) is 1.00. The number of likely N-dealkylation sites (N-methyl/N-ethyl adjacent to an activating group) is 1. The third-order valence-corrected chi connectivity index (χ3v) is 3.22. The van der Waals surface area contributed by atoms with E-state index in [1.165, 1.54) is 44.9 Å². The predicted molar refractivity (Wildman–Crippen MR) is 65.2 cm³/mol. The molecule has 0 radical (unpaired) electrons. The maximum Gasteiger partial charge on any atom is 0.0702 e. The first-order chi connectivity index (χ1) is 7.33. The second kappa shape index (κ2) is 8.12. The molecule has 0 aromatic rings. The number of ether oxygens (including phenoxy) is 1. The van der Waals surface area contributed by atoms with Crippen molar-refractivity contribution in [1.29, 1.82) is 0 Å². The van der Waals surface area contributed by atoms with Crippen molar-refractivity contribution in [3.8, 4) is 0 Å². The van der Waals surface area contributed by atoms with Crippen LogP contribution in [-0.2, 0) is 4.74 Å². The van der Waals surface area contributed by atoms with Crippen molar-refractivity contribution in [1.82, 2.24) is 4.90 Å². The maximum atomic E-state index is 5.73. The van der Waals surface area contributed by atoms with Crippen LogP contribution in [-0.4, -0.2) is 37.7 Å². The van der Waals surface area contributed by atoms with Crippen LogP contribution in [0.5, 0.6) is 0 Å². The molecule has 90 valence electrons. The molecule has 0 saturated carbocycles. The van der Waals surface area contributed by atoms with Gasteiger partial charge >= 0.3 is 0 Å². The quantitative estimate of drug-likeness (QED) is 0.603. The lowest BCUT2D eigenvalue weighted by molar-refractivity contribution is -0.0242. The molecule has 1 heterocycles. The SMILES string of the molecule is CCCCCCCCC1CN(C)CCO1. The van der Waals surface area contributed by atoms with Crippen LogP contribution in [0.25, 0.3) is 0 Å². The van der Waals surface area contributed by atoms with E-state index in [0.29, 0.717) is 6.10 Å². The summed E-state index contributed by atoms with van der Waals surface area (Å²) in [7, 11) is 2.19. The first-order valence-corrected chi connectivity index (χ1v) is 6.63. The molecular formula is C13H27NO. The van der Waals surface area contributed by atoms with Gasteiger partial charge in [0.15, 0.2) is 0 Å². The topological polar surface area (TPSA) is 12.5 Å². The van der Waals surface area contributed by atoms with Crippen LogP contribution in [0.3, 0.4) is 0 Å². The Labute approximate surface area is 95.0 Å². The molecule has 1 aliphatic heterocycles. The number of unbranched alkanes of at least 4 members (excludes halogenated alkanes) is 5. The molecule has 0 aliphatic carbocycles. The van der Waals surface area contributed by atoms with Crippen LogP contribution in [0.2, 0.25) is 0 Å². The molecule has 1 saturated heterocycles. The van der Waals surface area contributed by atoms with Gasteiger partial charge in [-0.25, -0.2) is 0 Å². The van der Waals surface area contributed by atoms with E-state index >= 15 is 0 Å². The molecule has 0 bridgehead atoms. The molecule has 1 atom stereocenters. The van der Waals surface area contributed by atoms with E-state index in [9.17, 15) is 0 Å². The summed E-state index contributed by atoms with van der Waals surface area (Å²) in [4.78, 5) is 2.38. The van der Waals surface area contributed by atoms with Gasteiger partial charge in [-0.15, -0.1) is 0 Å². The van der Waals surface area contributed by atoms with Crippen molar-refractivity contribution in [2.75, 3.05) is 26.7 Å². The Morgan fingerprint density at radius 2 is 1.87 bits per heavy atom. The van der Waals surface area contributed by atoms with Crippen LogP contribution in [0.1, 0.15) is 51.9 Å². The molecule has 15 heavy (non-hydrogen) atoms. The summed E-state index contributed by atoms with van der Waals surface area (Å²) in [5.41, 5.74) is 0. The summed E-state index contributed by atoms with van der Waals surface area (Å²) in [5.74, 6) is 0. The van der Waals surface area contributed by atoms with Gasteiger partial charge in [0.1, 0.15) is 0 Å². The highest BCUT2D eigenvalue weighted by Crippen LogP contribution is 2.13. The van der Waals surface area contributed by atoms with Gasteiger partial charge in [0.25, 0.3) is 0 Å². The van der Waals surface area contributed by atoms with Crippen LogP contribution in [0, 0.1) is 0 Å². The average Bonchev–Trinajstić information content (AvgIpc) is 2.23. The summed E-state index contributed by atoms with van der Waals surface area (Å²) in [6, 6.07) is 0. The van der Waals surface area contributed by atoms with Crippen LogP contribution in [0.15, 0.2) is 0 Å². The van der Waals surface area contributed by atoms with Crippen molar-refractivity contribution >= 4 is 0 Å². The van der Waals surface area contributed by atoms with Gasteiger partial charge in [0.2, 0.25) is 0 Å². The third-order valence-electron chi connectivity index (χ3n) is 3.22. The lowest BCUT2D eigenvalue weighted by Gasteiger charge is -2.30. The van der Waals surface area contributed by atoms with Gasteiger partial charge in [-0.3, -0.25) is 0 Å². The zero-order chi connectivity index (χ0) is 10.9. The minimum atomic E-state index is 0.509. The normalized spacial score (nSPS) is 23.2. The number of rotatable bonds is 7. The van der Waals surface area contributed by atoms with Crippen LogP contribution >= 0.6 is 0 Å². The van der Waals surface area contributed by atoms with E-state index in [0.717, 1.165) is 19.7 Å². The van der Waals surface area contributed by atoms with E-state index in [2.05, 4.69) is 18.9 Å². The average molecular weight is 213 g/mol. The molecule has 2 heteroatoms. The molecule has 1 fully saturated rings. The summed E-state index contributed by atoms with van der Waals surface area (Å²) in [6.07, 6.45) is 10.1. The highest BCUT2D eigenvalue weighted by atomic mass is 16.5. The molecule has 0 aromatic heterocycles. The molecule has 0 aromatic carbocycles. The third kappa shape index (κ3) is 6.16. The Morgan fingerprint density at radius 1 is 1.13 bits per heavy atom. The first kappa shape index (κ1) is 13.0. The second-order valence-electron chi connectivity index (χ2n) is 4.81. The summed E-state index contributed by atoms with van der Waals surface area (Å²) in [6.45, 7) is 5.44. The van der Waals surface area contributed by atoms with Gasteiger partial charge < -0.3 is 9.64 Å². The van der Waals surface area contributed by atoms with E-state index in [4.69, 9.17) is 4.74 Å². The maximum absolute atomic E-state index is 5.73. The Hall–Kier alpha value is -0.0800. The van der Waals surface area contributed by atoms with Gasteiger partial charge in [0.05, 0.1) is 12.7 Å². The largest absolute Gasteiger partial charge is 0.376 e. The lowest BCUT2D eigenvalue weighted by atomic mass is 10.1. The Balaban J connectivity index is 1.90. The Kier molecular flexibility index (Phi) is 7.03. The zero-order valence-electron chi connectivity index (χ0n) is 10.5. The molecular weight excluding hydrogens is 186 g/mol. The summed E-state index contributed by atoms with van der Waals surface area (Å²) >= 11 is 0. The second-order valence-corrected chi connectivity index (χ2v) is 4.81. The van der Waals surface area contributed by atoms with E-state index < -0.39 is 0 Å². The standard InChI is InChI=1S/C13H27NO/c1-3-4-5-6-7-8-9-13-12-14(2)10-11-15-13/h13H,3-12H2,1-2H3. The van der Waals surface area contributed by atoms with E-state index in [1.54, 1.807) is 0 Å². The minimum Gasteiger partial charge on any atom is -0.376 e. The molecule has 0 amide bonds. The van der Waals surface area contributed by atoms with E-state index in [1.807, 2.05) is 0 Å². The van der Waals surface area contributed by atoms with Gasteiger partial charge in [-0.05, 0) is 13.5 Å². The molecule has 1 aliphatic rings. The highest BCUT2D eigenvalue weighted by molar-refractivity contribution is 4.68. The van der Waals surface area contributed by atoms with Gasteiger partial charge in [-0.2, -0.15) is 0 Å². The van der Waals surface area contributed by atoms with E-state index in [-0.39, 0.29) is 0 Å². The van der Waals surface area contributed by atoms with Crippen LogP contribution < -0.4 is 0 Å². The fourth-order valence-electron chi connectivity index (χ4n) is 2.19. The lowest BCUT2D eigenvalue weighted by Crippen LogP contribution is -2.39. The highest BCUT2D eigenvalue weighted by Gasteiger charge is 2.16. The van der Waals surface area contributed by atoms with Crippen LogP contribution in [0.4, 0.5) is 0 Å². The van der Waals surface area contributed by atoms with Crippen molar-refractivity contribution in [2.45, 2.75) is 58.0 Å². The first-order valence-electron chi connectivity index (χ1n) is 6.63. The summed E-state index contributed by atoms with van der Waals surface area (Å²) in [5, 5.41) is 0. The Morgan fingerprint density at radius 3 is 2.60 bits per heavy atom. The molecule has 0 N–H and O–H groups in total. The smallest absolute Gasteiger partial charge is 0.0702 e. The fourth-order valence-corrected chi connectivity index (χ4v) is 2.19. The van der Waals surface area contributed by atoms with Crippen molar-refractivity contribution < 1.29 is 4.74 Å². The summed E-state index contributed by atoms with van der Waals surface area (Å²) < 4.78 is 5.73. The van der Waals surface area contributed by atoms with Crippen molar-refractivity contribution in [2.24, 2.45) is 0 Å².